The average Bonchev–Trinajstić information content (AvgIpc) is 3.23. The van der Waals surface area contributed by atoms with Crippen LogP contribution in [0.15, 0.2) is 42.5 Å². The van der Waals surface area contributed by atoms with Crippen molar-refractivity contribution in [3.05, 3.63) is 48.0 Å². The number of benzene rings is 2. The fraction of sp³-hybridized carbons (Fsp3) is 0.238. The predicted octanol–water partition coefficient (Wildman–Crippen LogP) is 4.04. The molecule has 0 radical (unpaired) electrons. The van der Waals surface area contributed by atoms with E-state index in [9.17, 15) is 4.79 Å². The van der Waals surface area contributed by atoms with Crippen LogP contribution >= 0.6 is 0 Å². The number of aryl methyl sites for hydroxylation is 2. The number of aromatic nitrogens is 3. The summed E-state index contributed by atoms with van der Waals surface area (Å²) < 4.78 is 9.21. The van der Waals surface area contributed by atoms with Crippen LogP contribution in [0.5, 0.6) is 0 Å². The predicted molar refractivity (Wildman–Crippen MR) is 108 cm³/mol. The topological polar surface area (TPSA) is 61.1 Å². The van der Waals surface area contributed by atoms with Crippen molar-refractivity contribution in [2.75, 3.05) is 19.5 Å². The third-order valence-electron chi connectivity index (χ3n) is 5.02. The summed E-state index contributed by atoms with van der Waals surface area (Å²) in [5, 5.41) is 4.36. The van der Waals surface area contributed by atoms with Crippen LogP contribution < -0.4 is 5.32 Å². The van der Waals surface area contributed by atoms with Crippen LogP contribution in [0.3, 0.4) is 0 Å². The van der Waals surface area contributed by atoms with Crippen LogP contribution in [0.25, 0.3) is 33.5 Å². The molecule has 1 N–H and O–H groups in total. The Hall–Kier alpha value is -3.28. The first-order chi connectivity index (χ1) is 13.1. The van der Waals surface area contributed by atoms with E-state index < -0.39 is 0 Å². The molecule has 0 atom stereocenters. The molecule has 0 spiro atoms. The van der Waals surface area contributed by atoms with Crippen molar-refractivity contribution < 1.29 is 9.53 Å². The largest absolute Gasteiger partial charge is 0.465 e. The van der Waals surface area contributed by atoms with Gasteiger partial charge in [-0.1, -0.05) is 18.2 Å². The maximum absolute atomic E-state index is 12.0. The lowest BCUT2D eigenvalue weighted by molar-refractivity contribution is 0.0601. The number of rotatable bonds is 4. The van der Waals surface area contributed by atoms with Gasteiger partial charge < -0.3 is 19.2 Å². The lowest BCUT2D eigenvalue weighted by Gasteiger charge is -2.10. The summed E-state index contributed by atoms with van der Waals surface area (Å²) in [6.07, 6.45) is 0. The average molecular weight is 362 g/mol. The molecule has 27 heavy (non-hydrogen) atoms. The molecular weight excluding hydrogens is 340 g/mol. The van der Waals surface area contributed by atoms with Crippen LogP contribution in [-0.2, 0) is 18.3 Å². The van der Waals surface area contributed by atoms with Crippen molar-refractivity contribution in [2.45, 2.75) is 13.5 Å². The molecule has 6 heteroatoms. The number of anilines is 1. The molecule has 138 valence electrons. The monoisotopic (exact) mass is 362 g/mol. The van der Waals surface area contributed by atoms with E-state index in [0.29, 0.717) is 5.56 Å². The second kappa shape index (κ2) is 6.46. The third kappa shape index (κ3) is 2.56. The van der Waals surface area contributed by atoms with Crippen LogP contribution in [0.2, 0.25) is 0 Å². The summed E-state index contributed by atoms with van der Waals surface area (Å²) in [6, 6.07) is 14.1. The van der Waals surface area contributed by atoms with Gasteiger partial charge in [-0.2, -0.15) is 0 Å². The van der Waals surface area contributed by atoms with E-state index >= 15 is 0 Å². The molecule has 6 nitrogen and oxygen atoms in total. The normalized spacial score (nSPS) is 11.3. The van der Waals surface area contributed by atoms with Gasteiger partial charge in [0.2, 0.25) is 0 Å². The Bertz CT molecular complexity index is 1170. The van der Waals surface area contributed by atoms with Crippen molar-refractivity contribution in [2.24, 2.45) is 7.05 Å². The standard InChI is InChI=1S/C21H22N4O2/c1-5-25-17-9-7-6-8-13(17)12-18(25)20-23-16-11-14(21(26)27-4)10-15(22-2)19(16)24(20)3/h6-12,22H,5H2,1-4H3. The number of carbonyl (C=O) groups is 1. The molecule has 2 heterocycles. The molecule has 0 saturated heterocycles. The van der Waals surface area contributed by atoms with Crippen molar-refractivity contribution in [1.82, 2.24) is 14.1 Å². The highest BCUT2D eigenvalue weighted by Crippen LogP contribution is 2.33. The van der Waals surface area contributed by atoms with Gasteiger partial charge in [-0.05, 0) is 31.2 Å². The number of nitrogens with zero attached hydrogens (tertiary/aromatic N) is 3. The summed E-state index contributed by atoms with van der Waals surface area (Å²) in [4.78, 5) is 16.9. The van der Waals surface area contributed by atoms with Crippen LogP contribution in [0, 0.1) is 0 Å². The number of ether oxygens (including phenoxy) is 1. The second-order valence-electron chi connectivity index (χ2n) is 6.46. The highest BCUT2D eigenvalue weighted by Gasteiger charge is 2.19. The maximum atomic E-state index is 12.0. The summed E-state index contributed by atoms with van der Waals surface area (Å²) in [6.45, 7) is 2.98. The maximum Gasteiger partial charge on any atom is 0.338 e. The first-order valence-corrected chi connectivity index (χ1v) is 8.94. The summed E-state index contributed by atoms with van der Waals surface area (Å²) >= 11 is 0. The van der Waals surface area contributed by atoms with Gasteiger partial charge in [0.1, 0.15) is 0 Å². The molecule has 0 amide bonds. The van der Waals surface area contributed by atoms with Crippen molar-refractivity contribution in [1.29, 1.82) is 0 Å². The summed E-state index contributed by atoms with van der Waals surface area (Å²) in [5.74, 6) is 0.491. The number of imidazole rings is 1. The first kappa shape index (κ1) is 17.1. The lowest BCUT2D eigenvalue weighted by atomic mass is 10.1. The van der Waals surface area contributed by atoms with Gasteiger partial charge in [0.05, 0.1) is 35.1 Å². The Morgan fingerprint density at radius 3 is 2.70 bits per heavy atom. The molecule has 4 rings (SSSR count). The highest BCUT2D eigenvalue weighted by molar-refractivity contribution is 6.00. The second-order valence-corrected chi connectivity index (χ2v) is 6.46. The number of para-hydroxylation sites is 1. The van der Waals surface area contributed by atoms with E-state index in [2.05, 4.69) is 45.6 Å². The molecule has 2 aromatic carbocycles. The van der Waals surface area contributed by atoms with Crippen LogP contribution in [0.1, 0.15) is 17.3 Å². The Balaban J connectivity index is 2.01. The number of nitrogens with one attached hydrogen (secondary N) is 1. The Kier molecular flexibility index (Phi) is 4.11. The lowest BCUT2D eigenvalue weighted by Crippen LogP contribution is -2.04. The van der Waals surface area contributed by atoms with E-state index in [0.717, 1.165) is 34.8 Å². The summed E-state index contributed by atoms with van der Waals surface area (Å²) in [7, 11) is 5.22. The van der Waals surface area contributed by atoms with Gasteiger partial charge in [0, 0.05) is 31.5 Å². The zero-order valence-electron chi connectivity index (χ0n) is 15.9. The zero-order chi connectivity index (χ0) is 19.1. The molecule has 0 aliphatic heterocycles. The minimum Gasteiger partial charge on any atom is -0.465 e. The van der Waals surface area contributed by atoms with Crippen LogP contribution in [0.4, 0.5) is 5.69 Å². The van der Waals surface area contributed by atoms with Gasteiger partial charge in [0.15, 0.2) is 5.82 Å². The quantitative estimate of drug-likeness (QED) is 0.557. The van der Waals surface area contributed by atoms with Gasteiger partial charge in [-0.25, -0.2) is 9.78 Å². The minimum absolute atomic E-state index is 0.372. The Morgan fingerprint density at radius 2 is 2.00 bits per heavy atom. The van der Waals surface area contributed by atoms with Gasteiger partial charge in [-0.15, -0.1) is 0 Å². The van der Waals surface area contributed by atoms with E-state index in [1.54, 1.807) is 12.1 Å². The molecule has 0 saturated carbocycles. The van der Waals surface area contributed by atoms with E-state index in [1.807, 2.05) is 20.2 Å². The molecule has 0 unspecified atom stereocenters. The first-order valence-electron chi connectivity index (χ1n) is 8.94. The van der Waals surface area contributed by atoms with Crippen molar-refractivity contribution in [3.8, 4) is 11.5 Å². The number of carbonyl (C=O) groups excluding carboxylic acids is 1. The van der Waals surface area contributed by atoms with Gasteiger partial charge >= 0.3 is 5.97 Å². The fourth-order valence-corrected chi connectivity index (χ4v) is 3.74. The molecule has 0 aliphatic rings. The van der Waals surface area contributed by atoms with Gasteiger partial charge in [0.25, 0.3) is 0 Å². The molecule has 4 aromatic rings. The molecule has 0 fully saturated rings. The fourth-order valence-electron chi connectivity index (χ4n) is 3.74. The Labute approximate surface area is 157 Å². The smallest absolute Gasteiger partial charge is 0.338 e. The summed E-state index contributed by atoms with van der Waals surface area (Å²) in [5.41, 5.74) is 5.27. The van der Waals surface area contributed by atoms with E-state index in [4.69, 9.17) is 9.72 Å². The third-order valence-corrected chi connectivity index (χ3v) is 5.02. The SMILES string of the molecule is CCn1c(-c2nc3cc(C(=O)OC)cc(NC)c3n2C)cc2ccccc21. The van der Waals surface area contributed by atoms with Crippen molar-refractivity contribution in [3.63, 3.8) is 0 Å². The van der Waals surface area contributed by atoms with E-state index in [1.165, 1.54) is 18.0 Å². The highest BCUT2D eigenvalue weighted by atomic mass is 16.5. The minimum atomic E-state index is -0.372. The molecule has 2 aromatic heterocycles. The Morgan fingerprint density at radius 1 is 1.22 bits per heavy atom. The zero-order valence-corrected chi connectivity index (χ0v) is 15.9. The van der Waals surface area contributed by atoms with Gasteiger partial charge in [-0.3, -0.25) is 0 Å². The van der Waals surface area contributed by atoms with Crippen molar-refractivity contribution >= 4 is 33.6 Å². The number of fused-ring (bicyclic) bond motifs is 2. The molecule has 0 bridgehead atoms. The number of hydrogen-bond acceptors (Lipinski definition) is 4. The molecule has 0 aliphatic carbocycles. The van der Waals surface area contributed by atoms with Crippen LogP contribution in [-0.4, -0.2) is 34.2 Å². The number of esters is 1. The van der Waals surface area contributed by atoms with E-state index in [-0.39, 0.29) is 5.97 Å². The number of hydrogen-bond donors (Lipinski definition) is 1. The molecular formula is C21H22N4O2. The number of methoxy groups -OCH3 is 1.